The summed E-state index contributed by atoms with van der Waals surface area (Å²) in [6.45, 7) is 6.09. The summed E-state index contributed by atoms with van der Waals surface area (Å²) in [6, 6.07) is 12.5. The fourth-order valence-electron chi connectivity index (χ4n) is 2.12. The molecule has 0 aliphatic carbocycles. The zero-order chi connectivity index (χ0) is 13.7. The first-order valence-corrected chi connectivity index (χ1v) is 7.68. The number of anilines is 1. The number of thiophene rings is 1. The van der Waals surface area contributed by atoms with Crippen LogP contribution in [0.15, 0.2) is 41.8 Å². The minimum atomic E-state index is -0.346. The van der Waals surface area contributed by atoms with Crippen LogP contribution in [0, 0.1) is 0 Å². The van der Waals surface area contributed by atoms with Gasteiger partial charge in [-0.05, 0) is 42.5 Å². The second-order valence-corrected chi connectivity index (χ2v) is 5.64. The van der Waals surface area contributed by atoms with Crippen molar-refractivity contribution in [1.82, 2.24) is 0 Å². The minimum absolute atomic E-state index is 0.346. The Bertz CT molecular complexity index is 478. The van der Waals surface area contributed by atoms with Crippen LogP contribution in [-0.4, -0.2) is 11.7 Å². The van der Waals surface area contributed by atoms with Gasteiger partial charge in [-0.15, -0.1) is 11.3 Å². The number of aliphatic hydroxyl groups is 1. The zero-order valence-corrected chi connectivity index (χ0v) is 12.4. The van der Waals surface area contributed by atoms with E-state index in [-0.39, 0.29) is 6.10 Å². The molecule has 0 aliphatic heterocycles. The molecule has 0 saturated carbocycles. The lowest BCUT2D eigenvalue weighted by Crippen LogP contribution is -2.21. The Balaban J connectivity index is 2.10. The van der Waals surface area contributed by atoms with E-state index in [1.165, 1.54) is 10.6 Å². The zero-order valence-electron chi connectivity index (χ0n) is 11.5. The van der Waals surface area contributed by atoms with Crippen molar-refractivity contribution in [1.29, 1.82) is 0 Å². The first-order valence-electron chi connectivity index (χ1n) is 6.80. The molecule has 0 radical (unpaired) electrons. The van der Waals surface area contributed by atoms with Crippen molar-refractivity contribution < 1.29 is 5.11 Å². The predicted molar refractivity (Wildman–Crippen MR) is 82.7 cm³/mol. The van der Waals surface area contributed by atoms with Crippen LogP contribution in [0.5, 0.6) is 0 Å². The van der Waals surface area contributed by atoms with E-state index in [1.807, 2.05) is 19.1 Å². The van der Waals surface area contributed by atoms with Crippen molar-refractivity contribution in [3.05, 3.63) is 52.2 Å². The summed E-state index contributed by atoms with van der Waals surface area (Å²) in [5.41, 5.74) is 2.21. The first-order chi connectivity index (χ1) is 9.24. The van der Waals surface area contributed by atoms with E-state index in [1.54, 1.807) is 11.3 Å². The van der Waals surface area contributed by atoms with Gasteiger partial charge >= 0.3 is 0 Å². The van der Waals surface area contributed by atoms with Crippen LogP contribution in [0.2, 0.25) is 0 Å². The van der Waals surface area contributed by atoms with Gasteiger partial charge in [-0.2, -0.15) is 0 Å². The first kappa shape index (κ1) is 14.1. The van der Waals surface area contributed by atoms with Crippen LogP contribution in [0.1, 0.15) is 36.8 Å². The molecule has 2 rings (SSSR count). The standard InChI is InChI=1S/C16H21NOS/c1-3-16(18)13-7-9-14(10-8-13)17(4-2)12-15-6-5-11-19-15/h5-11,16,18H,3-4,12H2,1-2H3/t16-/m0/s1. The molecule has 0 fully saturated rings. The fraction of sp³-hybridized carbons (Fsp3) is 0.375. The second-order valence-electron chi connectivity index (χ2n) is 4.61. The van der Waals surface area contributed by atoms with Crippen LogP contribution in [0.4, 0.5) is 5.69 Å². The van der Waals surface area contributed by atoms with Crippen LogP contribution in [0.3, 0.4) is 0 Å². The monoisotopic (exact) mass is 275 g/mol. The summed E-state index contributed by atoms with van der Waals surface area (Å²) < 4.78 is 0. The Kier molecular flexibility index (Phi) is 5.00. The molecule has 102 valence electrons. The predicted octanol–water partition coefficient (Wildman–Crippen LogP) is 4.22. The number of hydrogen-bond acceptors (Lipinski definition) is 3. The number of rotatable bonds is 6. The van der Waals surface area contributed by atoms with Gasteiger partial charge in [-0.25, -0.2) is 0 Å². The lowest BCUT2D eigenvalue weighted by Gasteiger charge is -2.23. The smallest absolute Gasteiger partial charge is 0.0787 e. The SMILES string of the molecule is CC[C@H](O)c1ccc(N(CC)Cc2cccs2)cc1. The Morgan fingerprint density at radius 1 is 1.16 bits per heavy atom. The van der Waals surface area contributed by atoms with E-state index in [4.69, 9.17) is 0 Å². The van der Waals surface area contributed by atoms with Gasteiger partial charge in [0.1, 0.15) is 0 Å². The summed E-state index contributed by atoms with van der Waals surface area (Å²) in [6.07, 6.45) is 0.410. The van der Waals surface area contributed by atoms with Crippen LogP contribution in [-0.2, 0) is 6.54 Å². The molecule has 3 heteroatoms. The quantitative estimate of drug-likeness (QED) is 0.853. The average Bonchev–Trinajstić information content (AvgIpc) is 2.97. The van der Waals surface area contributed by atoms with Gasteiger partial charge in [0.15, 0.2) is 0 Å². The lowest BCUT2D eigenvalue weighted by atomic mass is 10.1. The number of hydrogen-bond donors (Lipinski definition) is 1. The van der Waals surface area contributed by atoms with Crippen molar-refractivity contribution in [2.45, 2.75) is 32.9 Å². The van der Waals surface area contributed by atoms with E-state index in [2.05, 4.69) is 41.5 Å². The molecule has 1 heterocycles. The molecule has 1 aromatic carbocycles. The fourth-order valence-corrected chi connectivity index (χ4v) is 2.84. The average molecular weight is 275 g/mol. The normalized spacial score (nSPS) is 12.4. The number of nitrogens with zero attached hydrogens (tertiary/aromatic N) is 1. The summed E-state index contributed by atoms with van der Waals surface area (Å²) >= 11 is 1.79. The van der Waals surface area contributed by atoms with Gasteiger partial charge in [0.25, 0.3) is 0 Å². The summed E-state index contributed by atoms with van der Waals surface area (Å²) in [5.74, 6) is 0. The Morgan fingerprint density at radius 3 is 2.42 bits per heavy atom. The molecular formula is C16H21NOS. The van der Waals surface area contributed by atoms with E-state index in [9.17, 15) is 5.11 Å². The molecule has 19 heavy (non-hydrogen) atoms. The van der Waals surface area contributed by atoms with Gasteiger partial charge in [0, 0.05) is 17.1 Å². The highest BCUT2D eigenvalue weighted by molar-refractivity contribution is 7.09. The van der Waals surface area contributed by atoms with E-state index < -0.39 is 0 Å². The van der Waals surface area contributed by atoms with Crippen LogP contribution < -0.4 is 4.90 Å². The molecule has 2 aromatic rings. The second kappa shape index (κ2) is 6.73. The molecule has 0 aliphatic rings. The third-order valence-electron chi connectivity index (χ3n) is 3.34. The topological polar surface area (TPSA) is 23.5 Å². The number of aliphatic hydroxyl groups excluding tert-OH is 1. The largest absolute Gasteiger partial charge is 0.388 e. The molecule has 0 bridgehead atoms. The van der Waals surface area contributed by atoms with Gasteiger partial charge in [-0.1, -0.05) is 25.1 Å². The lowest BCUT2D eigenvalue weighted by molar-refractivity contribution is 0.173. The molecule has 1 aromatic heterocycles. The van der Waals surface area contributed by atoms with Crippen molar-refractivity contribution in [2.24, 2.45) is 0 Å². The molecular weight excluding hydrogens is 254 g/mol. The maximum Gasteiger partial charge on any atom is 0.0787 e. The third kappa shape index (κ3) is 3.58. The number of benzene rings is 1. The summed E-state index contributed by atoms with van der Waals surface area (Å²) in [7, 11) is 0. The molecule has 2 nitrogen and oxygen atoms in total. The van der Waals surface area contributed by atoms with E-state index >= 15 is 0 Å². The molecule has 0 saturated heterocycles. The van der Waals surface area contributed by atoms with Crippen molar-refractivity contribution in [3.8, 4) is 0 Å². The minimum Gasteiger partial charge on any atom is -0.388 e. The maximum atomic E-state index is 9.81. The van der Waals surface area contributed by atoms with Gasteiger partial charge in [-0.3, -0.25) is 0 Å². The van der Waals surface area contributed by atoms with E-state index in [0.29, 0.717) is 0 Å². The van der Waals surface area contributed by atoms with Gasteiger partial charge in [0.05, 0.1) is 12.6 Å². The Morgan fingerprint density at radius 2 is 1.89 bits per heavy atom. The molecule has 1 N–H and O–H groups in total. The Hall–Kier alpha value is -1.32. The molecule has 0 spiro atoms. The molecule has 0 unspecified atom stereocenters. The molecule has 1 atom stereocenters. The highest BCUT2D eigenvalue weighted by Crippen LogP contribution is 2.23. The van der Waals surface area contributed by atoms with Gasteiger partial charge < -0.3 is 10.0 Å². The van der Waals surface area contributed by atoms with Crippen molar-refractivity contribution in [3.63, 3.8) is 0 Å². The third-order valence-corrected chi connectivity index (χ3v) is 4.20. The van der Waals surface area contributed by atoms with Gasteiger partial charge in [0.2, 0.25) is 0 Å². The summed E-state index contributed by atoms with van der Waals surface area (Å²) in [5, 5.41) is 11.9. The highest BCUT2D eigenvalue weighted by atomic mass is 32.1. The van der Waals surface area contributed by atoms with Crippen LogP contribution in [0.25, 0.3) is 0 Å². The summed E-state index contributed by atoms with van der Waals surface area (Å²) in [4.78, 5) is 3.72. The Labute approximate surface area is 119 Å². The van der Waals surface area contributed by atoms with Crippen molar-refractivity contribution in [2.75, 3.05) is 11.4 Å². The maximum absolute atomic E-state index is 9.81. The molecule has 0 amide bonds. The van der Waals surface area contributed by atoms with E-state index in [0.717, 1.165) is 25.1 Å². The van der Waals surface area contributed by atoms with Crippen molar-refractivity contribution >= 4 is 17.0 Å². The highest BCUT2D eigenvalue weighted by Gasteiger charge is 2.08. The van der Waals surface area contributed by atoms with Crippen LogP contribution >= 0.6 is 11.3 Å².